The minimum Gasteiger partial charge on any atom is -0.393 e. The zero-order valence-electron chi connectivity index (χ0n) is 12.0. The van der Waals surface area contributed by atoms with Crippen molar-refractivity contribution in [3.8, 4) is 0 Å². The van der Waals surface area contributed by atoms with Gasteiger partial charge in [-0.2, -0.15) is 0 Å². The van der Waals surface area contributed by atoms with Gasteiger partial charge in [0.25, 0.3) is 0 Å². The predicted octanol–water partition coefficient (Wildman–Crippen LogP) is 1.83. The first kappa shape index (κ1) is 16.1. The fraction of sp³-hybridized carbons (Fsp3) is 0.600. The van der Waals surface area contributed by atoms with Crippen LogP contribution in [0.1, 0.15) is 32.8 Å². The van der Waals surface area contributed by atoms with Gasteiger partial charge in [0.1, 0.15) is 5.82 Å². The van der Waals surface area contributed by atoms with Gasteiger partial charge >= 0.3 is 0 Å². The number of hydrogen-bond donors (Lipinski definition) is 3. The molecule has 0 aliphatic carbocycles. The van der Waals surface area contributed by atoms with Crippen LogP contribution in [-0.2, 0) is 6.42 Å². The first-order chi connectivity index (χ1) is 8.86. The Balaban J connectivity index is 2.72. The zero-order valence-corrected chi connectivity index (χ0v) is 12.0. The van der Waals surface area contributed by atoms with Crippen molar-refractivity contribution in [2.24, 2.45) is 5.73 Å². The molecule has 0 aliphatic heterocycles. The number of nitrogens with one attached hydrogen (secondary N) is 1. The molecular formula is C15H25FN2O. The van der Waals surface area contributed by atoms with E-state index < -0.39 is 0 Å². The lowest BCUT2D eigenvalue weighted by Gasteiger charge is -2.33. The lowest BCUT2D eigenvalue weighted by atomic mass is 9.91. The molecule has 4 heteroatoms. The van der Waals surface area contributed by atoms with Crippen LogP contribution in [0.15, 0.2) is 24.3 Å². The van der Waals surface area contributed by atoms with Crippen molar-refractivity contribution in [3.05, 3.63) is 35.6 Å². The number of aliphatic hydroxyl groups excluding tert-OH is 1. The standard InChI is InChI=1S/C15H25FN2O/c1-11(8-12(2)19)18-15(3,10-17)9-13-6-4-5-7-14(13)16/h4-7,11-12,18-19H,8-10,17H2,1-3H3. The quantitative estimate of drug-likeness (QED) is 0.707. The Morgan fingerprint density at radius 2 is 2.00 bits per heavy atom. The molecule has 0 fully saturated rings. The Bertz CT molecular complexity index is 397. The van der Waals surface area contributed by atoms with Crippen LogP contribution in [-0.4, -0.2) is 29.3 Å². The Labute approximate surface area is 115 Å². The van der Waals surface area contributed by atoms with Crippen LogP contribution in [0.3, 0.4) is 0 Å². The van der Waals surface area contributed by atoms with E-state index in [0.717, 1.165) is 0 Å². The van der Waals surface area contributed by atoms with Crippen molar-refractivity contribution < 1.29 is 9.50 Å². The molecule has 0 saturated heterocycles. The van der Waals surface area contributed by atoms with Crippen molar-refractivity contribution >= 4 is 0 Å². The maximum Gasteiger partial charge on any atom is 0.126 e. The van der Waals surface area contributed by atoms with Gasteiger partial charge in [-0.25, -0.2) is 4.39 Å². The van der Waals surface area contributed by atoms with Gasteiger partial charge in [-0.05, 0) is 45.2 Å². The highest BCUT2D eigenvalue weighted by Crippen LogP contribution is 2.17. The SMILES string of the molecule is CC(O)CC(C)NC(C)(CN)Cc1ccccc1F. The summed E-state index contributed by atoms with van der Waals surface area (Å²) in [6.07, 6.45) is 0.811. The van der Waals surface area contributed by atoms with Crippen molar-refractivity contribution in [2.45, 2.75) is 51.3 Å². The Morgan fingerprint density at radius 3 is 2.53 bits per heavy atom. The molecule has 0 spiro atoms. The molecule has 3 nitrogen and oxygen atoms in total. The maximum absolute atomic E-state index is 13.7. The van der Waals surface area contributed by atoms with E-state index in [1.807, 2.05) is 19.9 Å². The van der Waals surface area contributed by atoms with Gasteiger partial charge in [-0.1, -0.05) is 18.2 Å². The predicted molar refractivity (Wildman–Crippen MR) is 76.5 cm³/mol. The summed E-state index contributed by atoms with van der Waals surface area (Å²) < 4.78 is 13.7. The highest BCUT2D eigenvalue weighted by molar-refractivity contribution is 5.20. The minimum atomic E-state index is -0.378. The second-order valence-electron chi connectivity index (χ2n) is 5.66. The first-order valence-electron chi connectivity index (χ1n) is 6.75. The third kappa shape index (κ3) is 5.27. The van der Waals surface area contributed by atoms with E-state index in [9.17, 15) is 9.50 Å². The summed E-state index contributed by atoms with van der Waals surface area (Å²) in [5.74, 6) is -0.202. The minimum absolute atomic E-state index is 0.125. The van der Waals surface area contributed by atoms with Crippen LogP contribution in [0.4, 0.5) is 4.39 Å². The van der Waals surface area contributed by atoms with Gasteiger partial charge in [0.15, 0.2) is 0 Å². The number of rotatable bonds is 7. The number of aliphatic hydroxyl groups is 1. The molecule has 0 aromatic heterocycles. The molecule has 3 unspecified atom stereocenters. The van der Waals surface area contributed by atoms with Crippen molar-refractivity contribution in [1.29, 1.82) is 0 Å². The zero-order chi connectivity index (χ0) is 14.5. The van der Waals surface area contributed by atoms with Crippen LogP contribution in [0.5, 0.6) is 0 Å². The highest BCUT2D eigenvalue weighted by atomic mass is 19.1. The fourth-order valence-corrected chi connectivity index (χ4v) is 2.41. The van der Waals surface area contributed by atoms with Crippen LogP contribution in [0, 0.1) is 5.82 Å². The maximum atomic E-state index is 13.7. The summed E-state index contributed by atoms with van der Waals surface area (Å²) in [5.41, 5.74) is 6.12. The molecule has 3 atom stereocenters. The lowest BCUT2D eigenvalue weighted by Crippen LogP contribution is -2.54. The van der Waals surface area contributed by atoms with Crippen LogP contribution >= 0.6 is 0 Å². The molecular weight excluding hydrogens is 243 g/mol. The molecule has 1 aromatic carbocycles. The van der Waals surface area contributed by atoms with Gasteiger partial charge in [0, 0.05) is 18.1 Å². The molecule has 0 heterocycles. The molecule has 1 aromatic rings. The summed E-state index contributed by atoms with van der Waals surface area (Å²) in [7, 11) is 0. The molecule has 0 aliphatic rings. The third-order valence-corrected chi connectivity index (χ3v) is 3.28. The number of halogens is 1. The average Bonchev–Trinajstić information content (AvgIpc) is 2.31. The summed E-state index contributed by atoms with van der Waals surface area (Å²) >= 11 is 0. The van der Waals surface area contributed by atoms with Crippen molar-refractivity contribution in [3.63, 3.8) is 0 Å². The molecule has 0 saturated carbocycles. The van der Waals surface area contributed by atoms with Crippen molar-refractivity contribution in [2.75, 3.05) is 6.54 Å². The largest absolute Gasteiger partial charge is 0.393 e. The molecule has 0 bridgehead atoms. The number of hydrogen-bond acceptors (Lipinski definition) is 3. The third-order valence-electron chi connectivity index (χ3n) is 3.28. The van der Waals surface area contributed by atoms with Gasteiger partial charge in [0.05, 0.1) is 6.10 Å². The molecule has 19 heavy (non-hydrogen) atoms. The Hall–Kier alpha value is -0.970. The monoisotopic (exact) mass is 268 g/mol. The smallest absolute Gasteiger partial charge is 0.126 e. The first-order valence-corrected chi connectivity index (χ1v) is 6.75. The lowest BCUT2D eigenvalue weighted by molar-refractivity contribution is 0.160. The fourth-order valence-electron chi connectivity index (χ4n) is 2.41. The van der Waals surface area contributed by atoms with E-state index in [1.54, 1.807) is 19.1 Å². The summed E-state index contributed by atoms with van der Waals surface area (Å²) in [5, 5.41) is 12.8. The average molecular weight is 268 g/mol. The van der Waals surface area contributed by atoms with Crippen LogP contribution in [0.25, 0.3) is 0 Å². The van der Waals surface area contributed by atoms with Gasteiger partial charge in [-0.15, -0.1) is 0 Å². The summed E-state index contributed by atoms with van der Waals surface area (Å²) in [6.45, 7) is 6.15. The van der Waals surface area contributed by atoms with Crippen LogP contribution in [0.2, 0.25) is 0 Å². The second kappa shape index (κ2) is 6.98. The summed E-state index contributed by atoms with van der Waals surface area (Å²) in [6, 6.07) is 6.88. The highest BCUT2D eigenvalue weighted by Gasteiger charge is 2.26. The van der Waals surface area contributed by atoms with E-state index in [1.165, 1.54) is 6.07 Å². The van der Waals surface area contributed by atoms with E-state index >= 15 is 0 Å². The van der Waals surface area contributed by atoms with Crippen LogP contribution < -0.4 is 11.1 Å². The Kier molecular flexibility index (Phi) is 5.91. The van der Waals surface area contributed by atoms with E-state index in [4.69, 9.17) is 5.73 Å². The van der Waals surface area contributed by atoms with Crippen molar-refractivity contribution in [1.82, 2.24) is 5.32 Å². The number of benzene rings is 1. The van der Waals surface area contributed by atoms with E-state index in [0.29, 0.717) is 24.9 Å². The summed E-state index contributed by atoms with van der Waals surface area (Å²) in [4.78, 5) is 0. The van der Waals surface area contributed by atoms with Gasteiger partial charge in [0.2, 0.25) is 0 Å². The molecule has 0 amide bonds. The number of nitrogens with two attached hydrogens (primary N) is 1. The topological polar surface area (TPSA) is 58.3 Å². The Morgan fingerprint density at radius 1 is 1.37 bits per heavy atom. The molecule has 108 valence electrons. The van der Waals surface area contributed by atoms with Gasteiger partial charge < -0.3 is 16.2 Å². The molecule has 4 N–H and O–H groups in total. The van der Waals surface area contributed by atoms with Gasteiger partial charge in [-0.3, -0.25) is 0 Å². The normalized spacial score (nSPS) is 17.8. The molecule has 1 rings (SSSR count). The van der Waals surface area contributed by atoms with E-state index in [2.05, 4.69) is 5.32 Å². The second-order valence-corrected chi connectivity index (χ2v) is 5.66. The molecule has 0 radical (unpaired) electrons. The van der Waals surface area contributed by atoms with E-state index in [-0.39, 0.29) is 23.5 Å².